The molecule has 0 radical (unpaired) electrons. The molecule has 1 aliphatic rings. The third-order valence-corrected chi connectivity index (χ3v) is 3.96. The molecule has 0 aliphatic carbocycles. The molecule has 0 saturated carbocycles. The van der Waals surface area contributed by atoms with E-state index in [1.165, 1.54) is 11.8 Å². The predicted molar refractivity (Wildman–Crippen MR) is 87.1 cm³/mol. The van der Waals surface area contributed by atoms with E-state index in [-0.39, 0.29) is 47.9 Å². The molecule has 7 nitrogen and oxygen atoms in total. The molecule has 1 saturated heterocycles. The topological polar surface area (TPSA) is 99.3 Å². The fraction of sp³-hybridized carbons (Fsp3) is 0.643. The Bertz CT molecular complexity index is 417. The molecule has 0 aromatic rings. The molecule has 2 atom stereocenters. The molecule has 0 aromatic carbocycles. The zero-order valence-electron chi connectivity index (χ0n) is 12.8. The molecule has 2 unspecified atom stereocenters. The first-order valence-corrected chi connectivity index (χ1v) is 8.41. The van der Waals surface area contributed by atoms with Crippen molar-refractivity contribution >= 4 is 29.5 Å². The van der Waals surface area contributed by atoms with E-state index in [2.05, 4.69) is 27.8 Å². The summed E-state index contributed by atoms with van der Waals surface area (Å²) in [7, 11) is 0. The van der Waals surface area contributed by atoms with Gasteiger partial charge in [-0.05, 0) is 6.42 Å². The van der Waals surface area contributed by atoms with Crippen LogP contribution < -0.4 is 21.3 Å². The fourth-order valence-electron chi connectivity index (χ4n) is 1.92. The Labute approximate surface area is 135 Å². The van der Waals surface area contributed by atoms with Crippen molar-refractivity contribution in [1.29, 1.82) is 0 Å². The third-order valence-electron chi connectivity index (χ3n) is 2.94. The van der Waals surface area contributed by atoms with Gasteiger partial charge in [-0.15, -0.1) is 18.3 Å². The van der Waals surface area contributed by atoms with Crippen molar-refractivity contribution < 1.29 is 14.4 Å². The number of rotatable bonds is 9. The Morgan fingerprint density at radius 2 is 2.18 bits per heavy atom. The van der Waals surface area contributed by atoms with Crippen molar-refractivity contribution in [2.45, 2.75) is 37.7 Å². The summed E-state index contributed by atoms with van der Waals surface area (Å²) in [6.45, 7) is 6.57. The van der Waals surface area contributed by atoms with Gasteiger partial charge < -0.3 is 16.0 Å². The number of carbonyl (C=O) groups is 3. The summed E-state index contributed by atoms with van der Waals surface area (Å²) >= 11 is 1.31. The van der Waals surface area contributed by atoms with Crippen LogP contribution in [0.3, 0.4) is 0 Å². The molecule has 1 heterocycles. The summed E-state index contributed by atoms with van der Waals surface area (Å²) in [5, 5.41) is 11.4. The van der Waals surface area contributed by atoms with Crippen molar-refractivity contribution in [3.8, 4) is 0 Å². The van der Waals surface area contributed by atoms with Crippen molar-refractivity contribution in [1.82, 2.24) is 21.3 Å². The Morgan fingerprint density at radius 3 is 2.86 bits per heavy atom. The normalized spacial score (nSPS) is 20.9. The second-order valence-corrected chi connectivity index (χ2v) is 6.07. The van der Waals surface area contributed by atoms with Gasteiger partial charge in [0.1, 0.15) is 5.50 Å². The third kappa shape index (κ3) is 7.46. The lowest BCUT2D eigenvalue weighted by Gasteiger charge is -2.30. The molecule has 8 heteroatoms. The van der Waals surface area contributed by atoms with Crippen LogP contribution in [0.1, 0.15) is 26.2 Å². The average Bonchev–Trinajstić information content (AvgIpc) is 2.48. The lowest BCUT2D eigenvalue weighted by molar-refractivity contribution is -0.125. The minimum Gasteiger partial charge on any atom is -0.355 e. The van der Waals surface area contributed by atoms with Crippen molar-refractivity contribution in [3.63, 3.8) is 0 Å². The number of carbonyl (C=O) groups excluding carboxylic acids is 3. The molecule has 0 aromatic heterocycles. The number of nitrogens with one attached hydrogen (secondary N) is 4. The molecular formula is C14H24N4O3S. The van der Waals surface area contributed by atoms with Crippen molar-refractivity contribution in [2.75, 3.05) is 18.8 Å². The Kier molecular flexibility index (Phi) is 8.61. The molecule has 1 rings (SSSR count). The highest BCUT2D eigenvalue weighted by atomic mass is 32.2. The van der Waals surface area contributed by atoms with Gasteiger partial charge in [-0.1, -0.05) is 13.0 Å². The summed E-state index contributed by atoms with van der Waals surface area (Å²) < 4.78 is 0. The Balaban J connectivity index is 2.36. The first-order valence-electron chi connectivity index (χ1n) is 7.36. The molecule has 4 N–H and O–H groups in total. The molecule has 124 valence electrons. The SMILES string of the molecule is C=CCNC(=O)CC1CC(=O)NC(SCC(=O)NCCC)N1. The zero-order chi connectivity index (χ0) is 16.4. The van der Waals surface area contributed by atoms with Gasteiger partial charge in [0.15, 0.2) is 0 Å². The van der Waals surface area contributed by atoms with E-state index < -0.39 is 0 Å². The minimum atomic E-state index is -0.356. The summed E-state index contributed by atoms with van der Waals surface area (Å²) in [5.41, 5.74) is -0.356. The second-order valence-electron chi connectivity index (χ2n) is 4.97. The summed E-state index contributed by atoms with van der Waals surface area (Å²) in [6, 6.07) is -0.227. The van der Waals surface area contributed by atoms with Gasteiger partial charge in [0.25, 0.3) is 0 Å². The summed E-state index contributed by atoms with van der Waals surface area (Å²) in [4.78, 5) is 34.9. The fourth-order valence-corrected chi connectivity index (χ4v) is 2.84. The Hall–Kier alpha value is -1.54. The van der Waals surface area contributed by atoms with Crippen LogP contribution in [0.25, 0.3) is 0 Å². The van der Waals surface area contributed by atoms with Crippen LogP contribution in [0.15, 0.2) is 12.7 Å². The van der Waals surface area contributed by atoms with Crippen LogP contribution in [-0.2, 0) is 14.4 Å². The van der Waals surface area contributed by atoms with Crippen LogP contribution in [0.2, 0.25) is 0 Å². The molecule has 1 fully saturated rings. The quantitative estimate of drug-likeness (QED) is 0.436. The first-order chi connectivity index (χ1) is 10.5. The molecular weight excluding hydrogens is 304 g/mol. The van der Waals surface area contributed by atoms with Gasteiger partial charge in [-0.2, -0.15) is 0 Å². The maximum atomic E-state index is 11.7. The molecule has 0 spiro atoms. The first kappa shape index (κ1) is 18.5. The van der Waals surface area contributed by atoms with Gasteiger partial charge in [0.2, 0.25) is 17.7 Å². The maximum absolute atomic E-state index is 11.7. The maximum Gasteiger partial charge on any atom is 0.230 e. The number of thioether (sulfide) groups is 1. The number of amides is 3. The van der Waals surface area contributed by atoms with Crippen molar-refractivity contribution in [2.24, 2.45) is 0 Å². The van der Waals surface area contributed by atoms with E-state index in [9.17, 15) is 14.4 Å². The highest BCUT2D eigenvalue weighted by Crippen LogP contribution is 2.13. The summed E-state index contributed by atoms with van der Waals surface area (Å²) in [5.74, 6) is -0.0510. The van der Waals surface area contributed by atoms with Crippen LogP contribution in [-0.4, -0.2) is 48.1 Å². The van der Waals surface area contributed by atoms with Gasteiger partial charge in [0.05, 0.1) is 5.75 Å². The van der Waals surface area contributed by atoms with Crippen LogP contribution >= 0.6 is 11.8 Å². The second kappa shape index (κ2) is 10.2. The van der Waals surface area contributed by atoms with Gasteiger partial charge in [-0.25, -0.2) is 0 Å². The summed E-state index contributed by atoms with van der Waals surface area (Å²) in [6.07, 6.45) is 2.96. The van der Waals surface area contributed by atoms with E-state index in [4.69, 9.17) is 0 Å². The molecule has 0 bridgehead atoms. The smallest absolute Gasteiger partial charge is 0.230 e. The van der Waals surface area contributed by atoms with E-state index in [0.717, 1.165) is 6.42 Å². The zero-order valence-corrected chi connectivity index (χ0v) is 13.6. The standard InChI is InChI=1S/C14H24N4O3S/c1-3-5-15-11(19)7-10-8-12(20)18-14(17-10)22-9-13(21)16-6-4-2/h3,10,14,17H,1,4-9H2,2H3,(H,15,19)(H,16,21)(H,18,20). The van der Waals surface area contributed by atoms with Crippen molar-refractivity contribution in [3.05, 3.63) is 12.7 Å². The highest BCUT2D eigenvalue weighted by Gasteiger charge is 2.27. The predicted octanol–water partition coefficient (Wildman–Crippen LogP) is -0.300. The van der Waals surface area contributed by atoms with E-state index in [0.29, 0.717) is 13.1 Å². The lowest BCUT2D eigenvalue weighted by Crippen LogP contribution is -2.56. The molecule has 22 heavy (non-hydrogen) atoms. The van der Waals surface area contributed by atoms with E-state index >= 15 is 0 Å². The monoisotopic (exact) mass is 328 g/mol. The highest BCUT2D eigenvalue weighted by molar-refractivity contribution is 8.00. The largest absolute Gasteiger partial charge is 0.355 e. The van der Waals surface area contributed by atoms with E-state index in [1.807, 2.05) is 6.92 Å². The minimum absolute atomic E-state index is 0.0613. The average molecular weight is 328 g/mol. The number of hydrogen-bond donors (Lipinski definition) is 4. The van der Waals surface area contributed by atoms with Gasteiger partial charge in [0, 0.05) is 32.0 Å². The number of hydrogen-bond acceptors (Lipinski definition) is 5. The van der Waals surface area contributed by atoms with Gasteiger partial charge in [-0.3, -0.25) is 19.7 Å². The Morgan fingerprint density at radius 1 is 1.41 bits per heavy atom. The molecule has 1 aliphatic heterocycles. The van der Waals surface area contributed by atoms with Crippen LogP contribution in [0, 0.1) is 0 Å². The molecule has 3 amide bonds. The van der Waals surface area contributed by atoms with Gasteiger partial charge >= 0.3 is 0 Å². The van der Waals surface area contributed by atoms with Crippen LogP contribution in [0.4, 0.5) is 0 Å². The van der Waals surface area contributed by atoms with E-state index in [1.54, 1.807) is 6.08 Å². The lowest BCUT2D eigenvalue weighted by atomic mass is 10.1. The van der Waals surface area contributed by atoms with Crippen LogP contribution in [0.5, 0.6) is 0 Å².